The van der Waals surface area contributed by atoms with Gasteiger partial charge in [0.15, 0.2) is 0 Å². The molecule has 0 aliphatic heterocycles. The van der Waals surface area contributed by atoms with Gasteiger partial charge in [0, 0.05) is 20.3 Å². The van der Waals surface area contributed by atoms with E-state index in [0.717, 1.165) is 0 Å². The van der Waals surface area contributed by atoms with Crippen LogP contribution in [-0.2, 0) is 13.5 Å². The summed E-state index contributed by atoms with van der Waals surface area (Å²) in [6, 6.07) is 0. The van der Waals surface area contributed by atoms with Crippen LogP contribution in [0.15, 0.2) is 0 Å². The minimum atomic E-state index is 1.17. The molecule has 0 aliphatic carbocycles. The van der Waals surface area contributed by atoms with Crippen molar-refractivity contribution in [2.24, 2.45) is 7.05 Å². The maximum Gasteiger partial charge on any atom is 0.254 e. The molecule has 0 atom stereocenters. The standard InChI is InChI=1S/C10H18N2/c1-5-6-7-10-11-8(2)9(3)12(10)4/h5-7H2,1-4H3/p+1. The van der Waals surface area contributed by atoms with E-state index in [-0.39, 0.29) is 0 Å². The third kappa shape index (κ3) is 1.68. The number of H-pyrrole nitrogens is 1. The van der Waals surface area contributed by atoms with Gasteiger partial charge in [-0.15, -0.1) is 0 Å². The molecule has 2 nitrogen and oxygen atoms in total. The average Bonchev–Trinajstić information content (AvgIpc) is 2.30. The fraction of sp³-hybridized carbons (Fsp3) is 0.700. The number of aromatic amines is 1. The van der Waals surface area contributed by atoms with Crippen LogP contribution in [0.5, 0.6) is 0 Å². The molecule has 1 N–H and O–H groups in total. The van der Waals surface area contributed by atoms with Crippen molar-refractivity contribution in [3.05, 3.63) is 17.2 Å². The van der Waals surface area contributed by atoms with Crippen molar-refractivity contribution in [2.45, 2.75) is 40.0 Å². The first-order valence-electron chi connectivity index (χ1n) is 4.71. The lowest BCUT2D eigenvalue weighted by Crippen LogP contribution is -2.34. The smallest absolute Gasteiger partial charge is 0.245 e. The Morgan fingerprint density at radius 1 is 1.33 bits per heavy atom. The van der Waals surface area contributed by atoms with Crippen LogP contribution in [0.25, 0.3) is 0 Å². The maximum absolute atomic E-state index is 3.41. The predicted octanol–water partition coefficient (Wildman–Crippen LogP) is 1.80. The summed E-state index contributed by atoms with van der Waals surface area (Å²) in [5, 5.41) is 0. The number of hydrogen-bond acceptors (Lipinski definition) is 0. The molecule has 0 spiro atoms. The van der Waals surface area contributed by atoms with Crippen LogP contribution in [0.2, 0.25) is 0 Å². The highest BCUT2D eigenvalue weighted by molar-refractivity contribution is 5.03. The molecule has 68 valence electrons. The van der Waals surface area contributed by atoms with E-state index < -0.39 is 0 Å². The van der Waals surface area contributed by atoms with Gasteiger partial charge in [-0.05, 0) is 6.42 Å². The van der Waals surface area contributed by atoms with Crippen molar-refractivity contribution in [3.63, 3.8) is 0 Å². The van der Waals surface area contributed by atoms with Crippen molar-refractivity contribution in [1.82, 2.24) is 4.98 Å². The molecular weight excluding hydrogens is 148 g/mol. The van der Waals surface area contributed by atoms with Crippen LogP contribution in [-0.4, -0.2) is 4.98 Å². The largest absolute Gasteiger partial charge is 0.254 e. The third-order valence-electron chi connectivity index (χ3n) is 2.55. The molecule has 0 aromatic carbocycles. The number of nitrogens with zero attached hydrogens (tertiary/aromatic N) is 1. The van der Waals surface area contributed by atoms with Gasteiger partial charge in [-0.2, -0.15) is 0 Å². The molecule has 0 bridgehead atoms. The fourth-order valence-electron chi connectivity index (χ4n) is 1.42. The van der Waals surface area contributed by atoms with E-state index in [4.69, 9.17) is 0 Å². The second kappa shape index (κ2) is 3.74. The van der Waals surface area contributed by atoms with E-state index in [0.29, 0.717) is 0 Å². The molecule has 0 saturated heterocycles. The lowest BCUT2D eigenvalue weighted by atomic mass is 10.2. The highest BCUT2D eigenvalue weighted by atomic mass is 15.1. The van der Waals surface area contributed by atoms with E-state index in [1.165, 1.54) is 36.5 Å². The van der Waals surface area contributed by atoms with Crippen LogP contribution >= 0.6 is 0 Å². The summed E-state index contributed by atoms with van der Waals surface area (Å²) < 4.78 is 2.25. The van der Waals surface area contributed by atoms with Crippen LogP contribution < -0.4 is 4.57 Å². The van der Waals surface area contributed by atoms with Crippen molar-refractivity contribution in [2.75, 3.05) is 0 Å². The lowest BCUT2D eigenvalue weighted by Gasteiger charge is -1.93. The normalized spacial score (nSPS) is 10.7. The molecule has 2 heteroatoms. The first kappa shape index (κ1) is 9.30. The molecule has 0 fully saturated rings. The van der Waals surface area contributed by atoms with Crippen LogP contribution in [0, 0.1) is 13.8 Å². The quantitative estimate of drug-likeness (QED) is 0.662. The molecule has 0 unspecified atom stereocenters. The maximum atomic E-state index is 3.41. The van der Waals surface area contributed by atoms with Crippen LogP contribution in [0.3, 0.4) is 0 Å². The topological polar surface area (TPSA) is 19.7 Å². The van der Waals surface area contributed by atoms with Crippen LogP contribution in [0.1, 0.15) is 37.0 Å². The second-order valence-corrected chi connectivity index (χ2v) is 3.44. The first-order chi connectivity index (χ1) is 5.66. The van der Waals surface area contributed by atoms with Gasteiger partial charge in [0.1, 0.15) is 11.4 Å². The number of aryl methyl sites for hydroxylation is 2. The third-order valence-corrected chi connectivity index (χ3v) is 2.55. The molecule has 0 saturated carbocycles. The van der Waals surface area contributed by atoms with E-state index in [2.05, 4.69) is 37.4 Å². The van der Waals surface area contributed by atoms with Crippen LogP contribution in [0.4, 0.5) is 0 Å². The molecule has 0 amide bonds. The second-order valence-electron chi connectivity index (χ2n) is 3.44. The zero-order valence-corrected chi connectivity index (χ0v) is 8.57. The predicted molar refractivity (Wildman–Crippen MR) is 50.1 cm³/mol. The lowest BCUT2D eigenvalue weighted by molar-refractivity contribution is -0.683. The van der Waals surface area contributed by atoms with E-state index in [1.54, 1.807) is 0 Å². The monoisotopic (exact) mass is 167 g/mol. The van der Waals surface area contributed by atoms with Gasteiger partial charge in [-0.1, -0.05) is 13.3 Å². The molecule has 1 aromatic rings. The summed E-state index contributed by atoms with van der Waals surface area (Å²) in [6.45, 7) is 6.51. The van der Waals surface area contributed by atoms with Gasteiger partial charge in [0.2, 0.25) is 0 Å². The van der Waals surface area contributed by atoms with Gasteiger partial charge in [0.25, 0.3) is 5.82 Å². The Morgan fingerprint density at radius 2 is 2.00 bits per heavy atom. The number of unbranched alkanes of at least 4 members (excludes halogenated alkanes) is 1. The molecule has 1 heterocycles. The van der Waals surface area contributed by atoms with Crippen molar-refractivity contribution >= 4 is 0 Å². The van der Waals surface area contributed by atoms with Gasteiger partial charge in [-0.3, -0.25) is 0 Å². The Kier molecular flexibility index (Phi) is 2.90. The van der Waals surface area contributed by atoms with E-state index in [9.17, 15) is 0 Å². The Bertz CT molecular complexity index is 261. The number of rotatable bonds is 3. The summed E-state index contributed by atoms with van der Waals surface area (Å²) in [5.74, 6) is 1.35. The minimum Gasteiger partial charge on any atom is -0.245 e. The fourth-order valence-corrected chi connectivity index (χ4v) is 1.42. The Morgan fingerprint density at radius 3 is 2.42 bits per heavy atom. The average molecular weight is 167 g/mol. The molecule has 0 aliphatic rings. The van der Waals surface area contributed by atoms with Crippen molar-refractivity contribution in [3.8, 4) is 0 Å². The molecule has 0 radical (unpaired) electrons. The zero-order valence-electron chi connectivity index (χ0n) is 8.57. The van der Waals surface area contributed by atoms with E-state index in [1.807, 2.05) is 0 Å². The number of imidazole rings is 1. The van der Waals surface area contributed by atoms with Gasteiger partial charge < -0.3 is 0 Å². The summed E-state index contributed by atoms with van der Waals surface area (Å²) >= 11 is 0. The zero-order chi connectivity index (χ0) is 9.14. The SMILES string of the molecule is CCCCc1[nH]c(C)c(C)[n+]1C. The summed E-state index contributed by atoms with van der Waals surface area (Å²) in [6.07, 6.45) is 3.70. The van der Waals surface area contributed by atoms with Gasteiger partial charge >= 0.3 is 0 Å². The summed E-state index contributed by atoms with van der Waals surface area (Å²) in [7, 11) is 2.13. The number of nitrogens with one attached hydrogen (secondary N) is 1. The highest BCUT2D eigenvalue weighted by Crippen LogP contribution is 2.03. The molecule has 12 heavy (non-hydrogen) atoms. The van der Waals surface area contributed by atoms with Crippen molar-refractivity contribution < 1.29 is 4.57 Å². The molecule has 1 aromatic heterocycles. The summed E-state index contributed by atoms with van der Waals surface area (Å²) in [4.78, 5) is 3.41. The summed E-state index contributed by atoms with van der Waals surface area (Å²) in [5.41, 5.74) is 2.64. The van der Waals surface area contributed by atoms with Gasteiger partial charge in [0.05, 0.1) is 7.05 Å². The number of aromatic nitrogens is 2. The Labute approximate surface area is 74.6 Å². The minimum absolute atomic E-state index is 1.17. The van der Waals surface area contributed by atoms with E-state index >= 15 is 0 Å². The number of hydrogen-bond donors (Lipinski definition) is 1. The first-order valence-corrected chi connectivity index (χ1v) is 4.71. The molecular formula is C10H19N2+. The Hall–Kier alpha value is -0.790. The highest BCUT2D eigenvalue weighted by Gasteiger charge is 2.13. The van der Waals surface area contributed by atoms with Crippen molar-refractivity contribution in [1.29, 1.82) is 0 Å². The molecule has 1 rings (SSSR count). The Balaban J connectivity index is 2.79. The van der Waals surface area contributed by atoms with Gasteiger partial charge in [-0.25, -0.2) is 9.55 Å².